The minimum atomic E-state index is -2.00. The first kappa shape index (κ1) is 14.9. The second-order valence-electron chi connectivity index (χ2n) is 4.32. The van der Waals surface area contributed by atoms with Gasteiger partial charge in [-0.05, 0) is 6.92 Å². The monoisotopic (exact) mass is 288 g/mol. The molecule has 1 aromatic rings. The third-order valence-electron chi connectivity index (χ3n) is 3.09. The summed E-state index contributed by atoms with van der Waals surface area (Å²) >= 11 is 0. The van der Waals surface area contributed by atoms with Gasteiger partial charge in [0, 0.05) is 18.9 Å². The van der Waals surface area contributed by atoms with Crippen LogP contribution in [0.2, 0.25) is 0 Å². The fraction of sp³-hybridized carbons (Fsp3) is 0.636. The van der Waals surface area contributed by atoms with Gasteiger partial charge in [0.2, 0.25) is 0 Å². The number of hydrogen-bond donors (Lipinski definition) is 4. The molecule has 1 fully saturated rings. The van der Waals surface area contributed by atoms with Crippen molar-refractivity contribution in [1.29, 1.82) is 0 Å². The molecule has 9 nitrogen and oxygen atoms in total. The SMILES string of the molecule is CCO[C@@]1(n2ccc(=O)[nH]c2=O)O[C@H](CO)[C@@H](O)[C@H]1O. The minimum absolute atomic E-state index is 0.0630. The second kappa shape index (κ2) is 5.46. The van der Waals surface area contributed by atoms with Gasteiger partial charge in [-0.2, -0.15) is 0 Å². The highest BCUT2D eigenvalue weighted by atomic mass is 16.7. The van der Waals surface area contributed by atoms with Crippen LogP contribution in [0.4, 0.5) is 0 Å². The number of nitrogens with zero attached hydrogens (tertiary/aromatic N) is 1. The lowest BCUT2D eigenvalue weighted by Gasteiger charge is -2.32. The Labute approximate surface area is 113 Å². The van der Waals surface area contributed by atoms with Crippen molar-refractivity contribution in [2.45, 2.75) is 31.1 Å². The first-order chi connectivity index (χ1) is 9.46. The highest BCUT2D eigenvalue weighted by Crippen LogP contribution is 2.35. The van der Waals surface area contributed by atoms with Crippen molar-refractivity contribution in [1.82, 2.24) is 9.55 Å². The lowest BCUT2D eigenvalue weighted by molar-refractivity contribution is -0.316. The minimum Gasteiger partial charge on any atom is -0.394 e. The first-order valence-corrected chi connectivity index (χ1v) is 6.07. The van der Waals surface area contributed by atoms with E-state index in [4.69, 9.17) is 14.6 Å². The van der Waals surface area contributed by atoms with E-state index in [-0.39, 0.29) is 6.61 Å². The van der Waals surface area contributed by atoms with Crippen molar-refractivity contribution in [2.24, 2.45) is 0 Å². The summed E-state index contributed by atoms with van der Waals surface area (Å²) in [7, 11) is 0. The molecule has 2 heterocycles. The van der Waals surface area contributed by atoms with Crippen LogP contribution in [0.1, 0.15) is 6.92 Å². The quantitative estimate of drug-likeness (QED) is 0.473. The van der Waals surface area contributed by atoms with Crippen molar-refractivity contribution in [2.75, 3.05) is 13.2 Å². The molecule has 2 rings (SSSR count). The van der Waals surface area contributed by atoms with E-state index in [0.717, 1.165) is 16.8 Å². The second-order valence-corrected chi connectivity index (χ2v) is 4.32. The van der Waals surface area contributed by atoms with Crippen molar-refractivity contribution in [3.63, 3.8) is 0 Å². The van der Waals surface area contributed by atoms with Gasteiger partial charge in [-0.3, -0.25) is 9.78 Å². The van der Waals surface area contributed by atoms with Gasteiger partial charge >= 0.3 is 5.69 Å². The van der Waals surface area contributed by atoms with Crippen LogP contribution in [0.15, 0.2) is 21.9 Å². The topological polar surface area (TPSA) is 134 Å². The molecule has 9 heteroatoms. The van der Waals surface area contributed by atoms with Gasteiger partial charge in [-0.15, -0.1) is 0 Å². The molecule has 4 atom stereocenters. The number of aromatic nitrogens is 2. The van der Waals surface area contributed by atoms with Crippen molar-refractivity contribution < 1.29 is 24.8 Å². The van der Waals surface area contributed by atoms with Crippen molar-refractivity contribution in [3.05, 3.63) is 33.1 Å². The van der Waals surface area contributed by atoms with E-state index in [9.17, 15) is 19.8 Å². The predicted molar refractivity (Wildman–Crippen MR) is 64.9 cm³/mol. The van der Waals surface area contributed by atoms with E-state index in [0.29, 0.717) is 0 Å². The van der Waals surface area contributed by atoms with Gasteiger partial charge in [0.15, 0.2) is 6.10 Å². The third kappa shape index (κ3) is 2.19. The summed E-state index contributed by atoms with van der Waals surface area (Å²) in [5.41, 5.74) is -1.49. The van der Waals surface area contributed by atoms with Crippen LogP contribution in [-0.4, -0.2) is 56.4 Å². The number of aliphatic hydroxyl groups is 3. The lowest BCUT2D eigenvalue weighted by Crippen LogP contribution is -2.53. The van der Waals surface area contributed by atoms with Gasteiger partial charge in [0.1, 0.15) is 12.2 Å². The smallest absolute Gasteiger partial charge is 0.332 e. The largest absolute Gasteiger partial charge is 0.394 e. The van der Waals surface area contributed by atoms with E-state index < -0.39 is 42.1 Å². The van der Waals surface area contributed by atoms with Crippen LogP contribution in [-0.2, 0) is 15.4 Å². The number of aromatic amines is 1. The molecule has 0 spiro atoms. The summed E-state index contributed by atoms with van der Waals surface area (Å²) in [6, 6.07) is 1.05. The lowest BCUT2D eigenvalue weighted by atomic mass is 10.1. The molecule has 0 amide bonds. The molecule has 0 aromatic carbocycles. The van der Waals surface area contributed by atoms with E-state index in [1.807, 2.05) is 4.98 Å². The van der Waals surface area contributed by atoms with Crippen LogP contribution < -0.4 is 11.2 Å². The van der Waals surface area contributed by atoms with Gasteiger partial charge in [0.05, 0.1) is 6.61 Å². The molecule has 1 aliphatic rings. The summed E-state index contributed by atoms with van der Waals surface area (Å²) in [6.45, 7) is 1.10. The molecule has 112 valence electrons. The Morgan fingerprint density at radius 1 is 1.50 bits per heavy atom. The fourth-order valence-corrected chi connectivity index (χ4v) is 2.18. The van der Waals surface area contributed by atoms with Crippen LogP contribution in [0.5, 0.6) is 0 Å². The number of aliphatic hydroxyl groups excluding tert-OH is 3. The van der Waals surface area contributed by atoms with E-state index in [2.05, 4.69) is 0 Å². The number of rotatable bonds is 4. The Kier molecular flexibility index (Phi) is 4.06. The molecule has 20 heavy (non-hydrogen) atoms. The van der Waals surface area contributed by atoms with Gasteiger partial charge in [0.25, 0.3) is 11.5 Å². The molecule has 1 aromatic heterocycles. The average Bonchev–Trinajstić information content (AvgIpc) is 2.65. The number of ether oxygens (including phenoxy) is 2. The van der Waals surface area contributed by atoms with Crippen LogP contribution in [0.25, 0.3) is 0 Å². The van der Waals surface area contributed by atoms with Crippen LogP contribution in [0, 0.1) is 0 Å². The maximum absolute atomic E-state index is 11.8. The summed E-state index contributed by atoms with van der Waals surface area (Å²) in [5, 5.41) is 29.1. The molecule has 0 aliphatic carbocycles. The Bertz CT molecular complexity index is 583. The van der Waals surface area contributed by atoms with Gasteiger partial charge in [-0.1, -0.05) is 0 Å². The summed E-state index contributed by atoms with van der Waals surface area (Å²) in [6.07, 6.45) is -3.07. The zero-order valence-corrected chi connectivity index (χ0v) is 10.7. The molecular formula is C11H16N2O7. The molecule has 1 aliphatic heterocycles. The third-order valence-corrected chi connectivity index (χ3v) is 3.09. The standard InChI is InChI=1S/C11H16N2O7/c1-2-19-11(9(17)8(16)6(5-14)20-11)13-4-3-7(15)12-10(13)18/h3-4,6,8-9,14,16-17H,2,5H2,1H3,(H,12,15,18)/t6-,8-,9-,11-/m1/s1. The highest BCUT2D eigenvalue weighted by Gasteiger charge is 2.57. The molecule has 0 unspecified atom stereocenters. The van der Waals surface area contributed by atoms with Crippen molar-refractivity contribution in [3.8, 4) is 0 Å². The summed E-state index contributed by atoms with van der Waals surface area (Å²) < 4.78 is 11.5. The van der Waals surface area contributed by atoms with Gasteiger partial charge < -0.3 is 24.8 Å². The Hall–Kier alpha value is -1.52. The first-order valence-electron chi connectivity index (χ1n) is 6.07. The van der Waals surface area contributed by atoms with E-state index in [1.165, 1.54) is 0 Å². The van der Waals surface area contributed by atoms with Crippen LogP contribution in [0.3, 0.4) is 0 Å². The molecule has 0 radical (unpaired) electrons. The molecular weight excluding hydrogens is 272 g/mol. The highest BCUT2D eigenvalue weighted by molar-refractivity contribution is 4.97. The summed E-state index contributed by atoms with van der Waals surface area (Å²) in [4.78, 5) is 24.9. The molecule has 1 saturated heterocycles. The Morgan fingerprint density at radius 3 is 2.70 bits per heavy atom. The summed E-state index contributed by atoms with van der Waals surface area (Å²) in [5.74, 6) is -2.00. The number of hydrogen-bond acceptors (Lipinski definition) is 7. The molecule has 0 saturated carbocycles. The van der Waals surface area contributed by atoms with E-state index >= 15 is 0 Å². The van der Waals surface area contributed by atoms with Crippen molar-refractivity contribution >= 4 is 0 Å². The average molecular weight is 288 g/mol. The zero-order chi connectivity index (χ0) is 14.9. The van der Waals surface area contributed by atoms with Gasteiger partial charge in [-0.25, -0.2) is 9.36 Å². The molecule has 0 bridgehead atoms. The maximum atomic E-state index is 11.8. The number of H-pyrrole nitrogens is 1. The van der Waals surface area contributed by atoms with Crippen LogP contribution >= 0.6 is 0 Å². The Morgan fingerprint density at radius 2 is 2.20 bits per heavy atom. The predicted octanol–water partition coefficient (Wildman–Crippen LogP) is -2.70. The Balaban J connectivity index is 2.55. The number of nitrogens with one attached hydrogen (secondary N) is 1. The zero-order valence-electron chi connectivity index (χ0n) is 10.7. The fourth-order valence-electron chi connectivity index (χ4n) is 2.18. The molecule has 4 N–H and O–H groups in total. The normalized spacial score (nSPS) is 33.5. The maximum Gasteiger partial charge on any atom is 0.332 e. The van der Waals surface area contributed by atoms with E-state index in [1.54, 1.807) is 6.92 Å².